The van der Waals surface area contributed by atoms with Crippen LogP contribution >= 0.6 is 0 Å². The second-order valence-corrected chi connectivity index (χ2v) is 3.21. The Morgan fingerprint density at radius 2 is 2.25 bits per heavy atom. The molecule has 1 rings (SSSR count). The maximum Gasteiger partial charge on any atom is 0.310 e. The molecular weight excluding hydrogens is 208 g/mol. The van der Waals surface area contributed by atoms with Gasteiger partial charge in [-0.3, -0.25) is 4.79 Å². The van der Waals surface area contributed by atoms with Gasteiger partial charge >= 0.3 is 5.97 Å². The van der Waals surface area contributed by atoms with Crippen LogP contribution in [-0.2, 0) is 22.5 Å². The van der Waals surface area contributed by atoms with Crippen molar-refractivity contribution < 1.29 is 14.6 Å². The van der Waals surface area contributed by atoms with Crippen LogP contribution in [0.15, 0.2) is 12.1 Å². The van der Waals surface area contributed by atoms with E-state index in [0.717, 1.165) is 0 Å². The van der Waals surface area contributed by atoms with E-state index in [1.54, 1.807) is 6.07 Å². The number of aromatic hydroxyl groups is 1. The number of hydrogen-bond acceptors (Lipinski definition) is 5. The zero-order chi connectivity index (χ0) is 12.1. The Hall–Kier alpha value is -2.06. The van der Waals surface area contributed by atoms with E-state index in [2.05, 4.69) is 4.74 Å². The third-order valence-corrected chi connectivity index (χ3v) is 2.21. The first-order valence-corrected chi connectivity index (χ1v) is 4.64. The van der Waals surface area contributed by atoms with E-state index >= 15 is 0 Å². The lowest BCUT2D eigenvalue weighted by Crippen LogP contribution is -2.07. The van der Waals surface area contributed by atoms with E-state index in [1.165, 1.54) is 13.2 Å². The largest absolute Gasteiger partial charge is 0.508 e. The van der Waals surface area contributed by atoms with Crippen molar-refractivity contribution in [3.63, 3.8) is 0 Å². The van der Waals surface area contributed by atoms with Crippen molar-refractivity contribution in [1.29, 1.82) is 5.26 Å². The van der Waals surface area contributed by atoms with Crippen LogP contribution in [0.5, 0.6) is 5.75 Å². The van der Waals surface area contributed by atoms with E-state index in [1.807, 2.05) is 6.07 Å². The first-order valence-electron chi connectivity index (χ1n) is 4.64. The van der Waals surface area contributed by atoms with Gasteiger partial charge in [0.1, 0.15) is 5.75 Å². The molecule has 0 aliphatic rings. The minimum Gasteiger partial charge on any atom is -0.508 e. The number of nitrogens with two attached hydrogens (primary N) is 1. The molecule has 1 aromatic rings. The average molecular weight is 220 g/mol. The second kappa shape index (κ2) is 5.14. The predicted octanol–water partition coefficient (Wildman–Crippen LogP) is 0.438. The summed E-state index contributed by atoms with van der Waals surface area (Å²) in [7, 11) is 1.27. The SMILES string of the molecule is COC(=O)Cc1cc(CN)c(C#N)cc1O. The molecule has 1 aromatic carbocycles. The van der Waals surface area contributed by atoms with Crippen molar-refractivity contribution in [2.24, 2.45) is 5.73 Å². The average Bonchev–Trinajstić information content (AvgIpc) is 2.30. The molecule has 0 saturated carbocycles. The quantitative estimate of drug-likeness (QED) is 0.720. The van der Waals surface area contributed by atoms with Gasteiger partial charge in [0.2, 0.25) is 0 Å². The molecule has 0 spiro atoms. The predicted molar refractivity (Wildman–Crippen MR) is 56.4 cm³/mol. The van der Waals surface area contributed by atoms with Gasteiger partial charge in [-0.1, -0.05) is 0 Å². The van der Waals surface area contributed by atoms with Crippen molar-refractivity contribution in [1.82, 2.24) is 0 Å². The first kappa shape index (κ1) is 12.0. The van der Waals surface area contributed by atoms with Gasteiger partial charge < -0.3 is 15.6 Å². The van der Waals surface area contributed by atoms with Gasteiger partial charge in [-0.05, 0) is 17.7 Å². The number of esters is 1. The highest BCUT2D eigenvalue weighted by atomic mass is 16.5. The fourth-order valence-corrected chi connectivity index (χ4v) is 1.33. The van der Waals surface area contributed by atoms with Crippen LogP contribution in [0.25, 0.3) is 0 Å². The smallest absolute Gasteiger partial charge is 0.310 e. The Morgan fingerprint density at radius 3 is 2.75 bits per heavy atom. The molecule has 0 heterocycles. The summed E-state index contributed by atoms with van der Waals surface area (Å²) >= 11 is 0. The van der Waals surface area contributed by atoms with Gasteiger partial charge in [0.15, 0.2) is 0 Å². The summed E-state index contributed by atoms with van der Waals surface area (Å²) in [6.45, 7) is 0.178. The van der Waals surface area contributed by atoms with Crippen LogP contribution in [0.1, 0.15) is 16.7 Å². The number of nitriles is 1. The van der Waals surface area contributed by atoms with Gasteiger partial charge in [0, 0.05) is 12.1 Å². The summed E-state index contributed by atoms with van der Waals surface area (Å²) < 4.78 is 4.49. The second-order valence-electron chi connectivity index (χ2n) is 3.21. The molecule has 0 saturated heterocycles. The number of rotatable bonds is 3. The number of carbonyl (C=O) groups excluding carboxylic acids is 1. The molecule has 5 nitrogen and oxygen atoms in total. The Balaban J connectivity index is 3.12. The molecule has 5 heteroatoms. The minimum atomic E-state index is -0.456. The molecule has 3 N–H and O–H groups in total. The summed E-state index contributed by atoms with van der Waals surface area (Å²) in [6.07, 6.45) is -0.0406. The fourth-order valence-electron chi connectivity index (χ4n) is 1.33. The lowest BCUT2D eigenvalue weighted by atomic mass is 10.0. The van der Waals surface area contributed by atoms with E-state index < -0.39 is 5.97 Å². The van der Waals surface area contributed by atoms with Crippen LogP contribution in [0, 0.1) is 11.3 Å². The van der Waals surface area contributed by atoms with Crippen LogP contribution in [0.2, 0.25) is 0 Å². The molecule has 0 fully saturated rings. The maximum atomic E-state index is 11.1. The maximum absolute atomic E-state index is 11.1. The van der Waals surface area contributed by atoms with E-state index in [-0.39, 0.29) is 18.7 Å². The summed E-state index contributed by atoms with van der Waals surface area (Å²) in [5.74, 6) is -0.554. The molecule has 84 valence electrons. The highest BCUT2D eigenvalue weighted by Gasteiger charge is 2.11. The van der Waals surface area contributed by atoms with Gasteiger partial charge in [-0.15, -0.1) is 0 Å². The van der Waals surface area contributed by atoms with Gasteiger partial charge in [0.25, 0.3) is 0 Å². The molecule has 0 bridgehead atoms. The summed E-state index contributed by atoms with van der Waals surface area (Å²) in [5, 5.41) is 18.4. The Bertz CT molecular complexity index is 449. The Morgan fingerprint density at radius 1 is 1.56 bits per heavy atom. The summed E-state index contributed by atoms with van der Waals surface area (Å²) in [4.78, 5) is 11.1. The number of hydrogen-bond donors (Lipinski definition) is 2. The van der Waals surface area contributed by atoms with Crippen LogP contribution < -0.4 is 5.73 Å². The lowest BCUT2D eigenvalue weighted by Gasteiger charge is -2.07. The Labute approximate surface area is 93.1 Å². The summed E-state index contributed by atoms with van der Waals surface area (Å²) in [5.41, 5.74) is 6.78. The molecule has 0 aliphatic heterocycles. The minimum absolute atomic E-state index is 0.0406. The highest BCUT2D eigenvalue weighted by molar-refractivity contribution is 5.73. The van der Waals surface area contributed by atoms with Crippen molar-refractivity contribution in [3.8, 4) is 11.8 Å². The molecule has 0 amide bonds. The number of phenolic OH excluding ortho intramolecular Hbond substituents is 1. The monoisotopic (exact) mass is 220 g/mol. The highest BCUT2D eigenvalue weighted by Crippen LogP contribution is 2.22. The Kier molecular flexibility index (Phi) is 3.86. The molecule has 16 heavy (non-hydrogen) atoms. The van der Waals surface area contributed by atoms with Crippen molar-refractivity contribution >= 4 is 5.97 Å². The number of methoxy groups -OCH3 is 1. The van der Waals surface area contributed by atoms with E-state index in [9.17, 15) is 9.90 Å². The molecule has 0 aliphatic carbocycles. The number of ether oxygens (including phenoxy) is 1. The van der Waals surface area contributed by atoms with Crippen molar-refractivity contribution in [2.45, 2.75) is 13.0 Å². The standard InChI is InChI=1S/C11H12N2O3/c1-16-11(15)4-7-2-8(5-12)9(6-13)3-10(7)14/h2-3,14H,4-5,12H2,1H3. The lowest BCUT2D eigenvalue weighted by molar-refractivity contribution is -0.139. The fraction of sp³-hybridized carbons (Fsp3) is 0.273. The van der Waals surface area contributed by atoms with Crippen LogP contribution in [0.3, 0.4) is 0 Å². The molecule has 0 aromatic heterocycles. The van der Waals surface area contributed by atoms with E-state index in [0.29, 0.717) is 16.7 Å². The molecule has 0 unspecified atom stereocenters. The number of carbonyl (C=O) groups is 1. The molecule has 0 radical (unpaired) electrons. The third-order valence-electron chi connectivity index (χ3n) is 2.21. The molecule has 0 atom stereocenters. The van der Waals surface area contributed by atoms with Crippen molar-refractivity contribution in [3.05, 3.63) is 28.8 Å². The number of phenols is 1. The summed E-state index contributed by atoms with van der Waals surface area (Å²) in [6, 6.07) is 4.78. The van der Waals surface area contributed by atoms with Crippen LogP contribution in [0.4, 0.5) is 0 Å². The normalized spacial score (nSPS) is 9.56. The van der Waals surface area contributed by atoms with Gasteiger partial charge in [-0.2, -0.15) is 5.26 Å². The van der Waals surface area contributed by atoms with Crippen molar-refractivity contribution in [2.75, 3.05) is 7.11 Å². The topological polar surface area (TPSA) is 96.3 Å². The van der Waals surface area contributed by atoms with E-state index in [4.69, 9.17) is 11.0 Å². The first-order chi connectivity index (χ1) is 7.62. The third kappa shape index (κ3) is 2.49. The van der Waals surface area contributed by atoms with Gasteiger partial charge in [-0.25, -0.2) is 0 Å². The number of benzene rings is 1. The zero-order valence-electron chi connectivity index (χ0n) is 8.86. The number of nitrogens with zero attached hydrogens (tertiary/aromatic N) is 1. The van der Waals surface area contributed by atoms with Crippen LogP contribution in [-0.4, -0.2) is 18.2 Å². The zero-order valence-corrected chi connectivity index (χ0v) is 8.86. The van der Waals surface area contributed by atoms with Gasteiger partial charge in [0.05, 0.1) is 25.2 Å². The molecular formula is C11H12N2O3.